The molecule has 3 rings (SSSR count). The van der Waals surface area contributed by atoms with E-state index in [1.54, 1.807) is 30.3 Å². The van der Waals surface area contributed by atoms with E-state index in [1.807, 2.05) is 0 Å². The van der Waals surface area contributed by atoms with Gasteiger partial charge < -0.3 is 5.32 Å². The Kier molecular flexibility index (Phi) is 7.59. The fraction of sp³-hybridized carbons (Fsp3) is 0.136. The van der Waals surface area contributed by atoms with Crippen molar-refractivity contribution in [2.45, 2.75) is 28.8 Å². The molecule has 0 aliphatic carbocycles. The van der Waals surface area contributed by atoms with Gasteiger partial charge in [0.25, 0.3) is 0 Å². The number of sulfonamides is 2. The largest absolute Gasteiger partial charge is 0.351 e. The van der Waals surface area contributed by atoms with Gasteiger partial charge in [0.15, 0.2) is 0 Å². The van der Waals surface area contributed by atoms with Crippen LogP contribution in [0.1, 0.15) is 11.1 Å². The minimum atomic E-state index is -4.33. The molecule has 3 aromatic rings. The first-order chi connectivity index (χ1) is 15.6. The summed E-state index contributed by atoms with van der Waals surface area (Å²) in [5.74, 6) is -1.56. The highest BCUT2D eigenvalue weighted by atomic mass is 32.2. The van der Waals surface area contributed by atoms with E-state index in [1.165, 1.54) is 36.4 Å². The molecular formula is C22H22FN3O5S2. The van der Waals surface area contributed by atoms with Gasteiger partial charge in [-0.15, -0.1) is 0 Å². The third kappa shape index (κ3) is 6.68. The number of halogens is 1. The van der Waals surface area contributed by atoms with Crippen LogP contribution in [0.2, 0.25) is 0 Å². The molecule has 0 saturated heterocycles. The number of carbonyl (C=O) groups is 1. The molecule has 174 valence electrons. The van der Waals surface area contributed by atoms with Crippen LogP contribution in [-0.2, 0) is 37.8 Å². The van der Waals surface area contributed by atoms with E-state index in [0.717, 1.165) is 12.1 Å². The average molecular weight is 492 g/mol. The van der Waals surface area contributed by atoms with Crippen molar-refractivity contribution < 1.29 is 26.0 Å². The molecule has 8 nitrogen and oxygen atoms in total. The fourth-order valence-corrected chi connectivity index (χ4v) is 4.85. The molecule has 0 aliphatic rings. The number of amides is 1. The second-order valence-corrected chi connectivity index (χ2v) is 10.4. The summed E-state index contributed by atoms with van der Waals surface area (Å²) in [6, 6.07) is 18.0. The average Bonchev–Trinajstić information content (AvgIpc) is 2.77. The number of benzene rings is 3. The molecule has 3 aromatic carbocycles. The Morgan fingerprint density at radius 2 is 1.45 bits per heavy atom. The number of carbonyl (C=O) groups excluding carboxylic acids is 1. The number of hydrogen-bond acceptors (Lipinski definition) is 5. The zero-order chi connectivity index (χ0) is 24.1. The summed E-state index contributed by atoms with van der Waals surface area (Å²) in [6.07, 6.45) is 0.0325. The second-order valence-electron chi connectivity index (χ2n) is 7.20. The van der Waals surface area contributed by atoms with Gasteiger partial charge in [0.1, 0.15) is 16.8 Å². The van der Waals surface area contributed by atoms with Crippen molar-refractivity contribution in [2.24, 2.45) is 5.14 Å². The molecule has 4 N–H and O–H groups in total. The lowest BCUT2D eigenvalue weighted by Gasteiger charge is -2.19. The quantitative estimate of drug-likeness (QED) is 0.419. The van der Waals surface area contributed by atoms with E-state index in [0.29, 0.717) is 11.1 Å². The molecule has 33 heavy (non-hydrogen) atoms. The zero-order valence-electron chi connectivity index (χ0n) is 17.3. The van der Waals surface area contributed by atoms with E-state index >= 15 is 0 Å². The third-order valence-electron chi connectivity index (χ3n) is 4.74. The molecule has 0 radical (unpaired) electrons. The summed E-state index contributed by atoms with van der Waals surface area (Å²) in [5, 5.41) is 7.70. The molecule has 1 atom stereocenters. The molecule has 0 fully saturated rings. The molecule has 0 heterocycles. The minimum absolute atomic E-state index is 0.0104. The number of nitrogens with two attached hydrogens (primary N) is 1. The first kappa shape index (κ1) is 24.5. The Balaban J connectivity index is 1.78. The van der Waals surface area contributed by atoms with Crippen LogP contribution in [0.3, 0.4) is 0 Å². The SMILES string of the molecule is NS(=O)(=O)c1ccc(CNC(=O)[C@H](Cc2ccccc2)NS(=O)(=O)c2ccccc2F)cc1. The molecular weight excluding hydrogens is 469 g/mol. The van der Waals surface area contributed by atoms with E-state index in [9.17, 15) is 26.0 Å². The van der Waals surface area contributed by atoms with Gasteiger partial charge in [0.2, 0.25) is 26.0 Å². The first-order valence-electron chi connectivity index (χ1n) is 9.76. The highest BCUT2D eigenvalue weighted by Crippen LogP contribution is 2.15. The Morgan fingerprint density at radius 3 is 2.06 bits per heavy atom. The Bertz CT molecular complexity index is 1330. The van der Waals surface area contributed by atoms with Crippen molar-refractivity contribution in [2.75, 3.05) is 0 Å². The first-order valence-corrected chi connectivity index (χ1v) is 12.8. The van der Waals surface area contributed by atoms with Crippen LogP contribution in [0.4, 0.5) is 4.39 Å². The van der Waals surface area contributed by atoms with Crippen LogP contribution >= 0.6 is 0 Å². The van der Waals surface area contributed by atoms with Gasteiger partial charge in [0, 0.05) is 6.54 Å². The lowest BCUT2D eigenvalue weighted by Crippen LogP contribution is -2.47. The molecule has 0 bridgehead atoms. The van der Waals surface area contributed by atoms with Crippen molar-refractivity contribution in [3.8, 4) is 0 Å². The van der Waals surface area contributed by atoms with Crippen LogP contribution < -0.4 is 15.2 Å². The lowest BCUT2D eigenvalue weighted by molar-refractivity contribution is -0.122. The highest BCUT2D eigenvalue weighted by molar-refractivity contribution is 7.89. The Hall–Kier alpha value is -3.12. The Morgan fingerprint density at radius 1 is 0.848 bits per heavy atom. The van der Waals surface area contributed by atoms with Gasteiger partial charge in [-0.3, -0.25) is 4.79 Å². The van der Waals surface area contributed by atoms with Gasteiger partial charge in [0.05, 0.1) is 4.90 Å². The predicted molar refractivity (Wildman–Crippen MR) is 120 cm³/mol. The second kappa shape index (κ2) is 10.2. The summed E-state index contributed by atoms with van der Waals surface area (Å²) in [4.78, 5) is 12.3. The van der Waals surface area contributed by atoms with Gasteiger partial charge in [-0.2, -0.15) is 4.72 Å². The van der Waals surface area contributed by atoms with Crippen molar-refractivity contribution in [1.29, 1.82) is 0 Å². The summed E-state index contributed by atoms with van der Waals surface area (Å²) < 4.78 is 64.6. The zero-order valence-corrected chi connectivity index (χ0v) is 18.9. The number of nitrogens with one attached hydrogen (secondary N) is 2. The topological polar surface area (TPSA) is 135 Å². The maximum atomic E-state index is 14.1. The molecule has 0 aromatic heterocycles. The van der Waals surface area contributed by atoms with E-state index in [4.69, 9.17) is 5.14 Å². The monoisotopic (exact) mass is 491 g/mol. The van der Waals surface area contributed by atoms with E-state index < -0.39 is 42.7 Å². The summed E-state index contributed by atoms with van der Waals surface area (Å²) in [6.45, 7) is 0.0104. The van der Waals surface area contributed by atoms with E-state index in [-0.39, 0.29) is 17.9 Å². The molecule has 11 heteroatoms. The van der Waals surface area contributed by atoms with Crippen molar-refractivity contribution in [3.05, 3.63) is 95.8 Å². The van der Waals surface area contributed by atoms with Crippen LogP contribution in [0.25, 0.3) is 0 Å². The summed E-state index contributed by atoms with van der Waals surface area (Å²) in [7, 11) is -8.17. The van der Waals surface area contributed by atoms with Crippen molar-refractivity contribution >= 4 is 26.0 Å². The lowest BCUT2D eigenvalue weighted by atomic mass is 10.1. The number of rotatable bonds is 9. The van der Waals surface area contributed by atoms with Crippen molar-refractivity contribution in [1.82, 2.24) is 10.0 Å². The smallest absolute Gasteiger partial charge is 0.244 e. The number of primary sulfonamides is 1. The normalized spacial score (nSPS) is 12.8. The van der Waals surface area contributed by atoms with Gasteiger partial charge >= 0.3 is 0 Å². The van der Waals surface area contributed by atoms with Gasteiger partial charge in [-0.1, -0.05) is 54.6 Å². The molecule has 0 saturated carbocycles. The van der Waals surface area contributed by atoms with Crippen LogP contribution in [0, 0.1) is 5.82 Å². The van der Waals surface area contributed by atoms with Gasteiger partial charge in [-0.05, 0) is 41.8 Å². The summed E-state index contributed by atoms with van der Waals surface area (Å²) in [5.41, 5.74) is 1.28. The third-order valence-corrected chi connectivity index (χ3v) is 7.18. The highest BCUT2D eigenvalue weighted by Gasteiger charge is 2.27. The number of hydrogen-bond donors (Lipinski definition) is 3. The predicted octanol–water partition coefficient (Wildman–Crippen LogP) is 1.68. The maximum Gasteiger partial charge on any atom is 0.244 e. The van der Waals surface area contributed by atoms with E-state index in [2.05, 4.69) is 10.0 Å². The van der Waals surface area contributed by atoms with Crippen molar-refractivity contribution in [3.63, 3.8) is 0 Å². The van der Waals surface area contributed by atoms with Crippen LogP contribution in [-0.4, -0.2) is 28.8 Å². The maximum absolute atomic E-state index is 14.1. The van der Waals surface area contributed by atoms with Crippen LogP contribution in [0.15, 0.2) is 88.7 Å². The molecule has 0 spiro atoms. The fourth-order valence-electron chi connectivity index (χ4n) is 3.06. The minimum Gasteiger partial charge on any atom is -0.351 e. The molecule has 0 aliphatic heterocycles. The van der Waals surface area contributed by atoms with Gasteiger partial charge in [-0.25, -0.2) is 26.4 Å². The summed E-state index contributed by atoms with van der Waals surface area (Å²) >= 11 is 0. The van der Waals surface area contributed by atoms with Crippen LogP contribution in [0.5, 0.6) is 0 Å². The Labute approximate surface area is 191 Å². The molecule has 1 amide bonds. The standard InChI is InChI=1S/C22H22FN3O5S2/c23-19-8-4-5-9-21(19)33(30,31)26-20(14-16-6-2-1-3-7-16)22(27)25-15-17-10-12-18(13-11-17)32(24,28)29/h1-13,20,26H,14-15H2,(H,25,27)(H2,24,28,29)/t20-/m0/s1. The molecule has 0 unspecified atom stereocenters.